The normalized spacial score (nSPS) is 18.3. The molecule has 0 bridgehead atoms. The third kappa shape index (κ3) is 6.12. The zero-order valence-electron chi connectivity index (χ0n) is 20.9. The third-order valence-electron chi connectivity index (χ3n) is 6.93. The van der Waals surface area contributed by atoms with Crippen molar-refractivity contribution in [1.29, 1.82) is 0 Å². The van der Waals surface area contributed by atoms with E-state index in [-0.39, 0.29) is 32.5 Å². The van der Waals surface area contributed by atoms with Gasteiger partial charge in [-0.15, -0.1) is 5.10 Å². The smallest absolute Gasteiger partial charge is 0.251 e. The molecule has 2 aliphatic rings. The molecule has 198 valence electrons. The standard InChI is InChI=1S/C25H32F2N8OS/c1-18-4-8-33(9-5-18)23-14-19(31-37-13-12-36)2-3-22(23)35-17-21(30-32-35)20-15-28-16-24(29-20)34-10-6-25(26,27)7-11-34/h2-3,14-18,31,36H,4-13H2,1H3. The number of aromatic nitrogens is 5. The number of halogens is 2. The number of hydrogen-bond donors (Lipinski definition) is 2. The maximum atomic E-state index is 13.6. The van der Waals surface area contributed by atoms with Crippen LogP contribution in [0.15, 0.2) is 36.8 Å². The van der Waals surface area contributed by atoms with Crippen LogP contribution in [0.1, 0.15) is 32.6 Å². The predicted octanol–water partition coefficient (Wildman–Crippen LogP) is 4.25. The van der Waals surface area contributed by atoms with Gasteiger partial charge in [-0.3, -0.25) is 4.98 Å². The number of aliphatic hydroxyl groups is 1. The first-order valence-electron chi connectivity index (χ1n) is 12.7. The molecule has 2 aromatic heterocycles. The molecule has 5 rings (SSSR count). The van der Waals surface area contributed by atoms with Gasteiger partial charge in [0.25, 0.3) is 5.92 Å². The Labute approximate surface area is 219 Å². The maximum Gasteiger partial charge on any atom is 0.251 e. The van der Waals surface area contributed by atoms with Gasteiger partial charge in [-0.1, -0.05) is 24.1 Å². The molecule has 37 heavy (non-hydrogen) atoms. The van der Waals surface area contributed by atoms with Gasteiger partial charge in [-0.2, -0.15) is 0 Å². The highest BCUT2D eigenvalue weighted by atomic mass is 32.2. The molecule has 0 amide bonds. The Morgan fingerprint density at radius 3 is 2.59 bits per heavy atom. The van der Waals surface area contributed by atoms with E-state index in [0.717, 1.165) is 43.0 Å². The molecule has 12 heteroatoms. The van der Waals surface area contributed by atoms with Gasteiger partial charge >= 0.3 is 0 Å². The van der Waals surface area contributed by atoms with Gasteiger partial charge in [0.05, 0.1) is 36.6 Å². The molecule has 0 saturated carbocycles. The number of nitrogens with one attached hydrogen (secondary N) is 1. The average molecular weight is 531 g/mol. The van der Waals surface area contributed by atoms with Crippen LogP contribution in [0.25, 0.3) is 17.1 Å². The average Bonchev–Trinajstić information content (AvgIpc) is 3.40. The summed E-state index contributed by atoms with van der Waals surface area (Å²) in [6.07, 6.45) is 6.94. The number of benzene rings is 1. The number of hydrogen-bond acceptors (Lipinski definition) is 9. The molecule has 0 unspecified atom stereocenters. The SMILES string of the molecule is CC1CCN(c2cc(NSCCO)ccc2-n2cc(-c3cncc(N4CCC(F)(F)CC4)n3)nn2)CC1. The van der Waals surface area contributed by atoms with E-state index in [0.29, 0.717) is 28.9 Å². The lowest BCUT2D eigenvalue weighted by atomic mass is 9.98. The minimum atomic E-state index is -2.61. The topological polar surface area (TPSA) is 95.2 Å². The van der Waals surface area contributed by atoms with Crippen molar-refractivity contribution in [2.24, 2.45) is 5.92 Å². The van der Waals surface area contributed by atoms with E-state index < -0.39 is 5.92 Å². The van der Waals surface area contributed by atoms with Crippen molar-refractivity contribution < 1.29 is 13.9 Å². The lowest BCUT2D eigenvalue weighted by molar-refractivity contribution is -0.0221. The summed E-state index contributed by atoms with van der Waals surface area (Å²) in [4.78, 5) is 13.2. The van der Waals surface area contributed by atoms with E-state index in [1.54, 1.807) is 17.1 Å². The fourth-order valence-electron chi connectivity index (χ4n) is 4.66. The molecule has 2 fully saturated rings. The van der Waals surface area contributed by atoms with E-state index in [9.17, 15) is 8.78 Å². The monoisotopic (exact) mass is 530 g/mol. The second kappa shape index (κ2) is 11.2. The molecule has 0 spiro atoms. The molecular weight excluding hydrogens is 498 g/mol. The Kier molecular flexibility index (Phi) is 7.75. The Bertz CT molecular complexity index is 1190. The molecule has 0 atom stereocenters. The molecule has 0 radical (unpaired) electrons. The summed E-state index contributed by atoms with van der Waals surface area (Å²) in [6.45, 7) is 4.81. The van der Waals surface area contributed by atoms with Gasteiger partial charge < -0.3 is 19.6 Å². The predicted molar refractivity (Wildman–Crippen MR) is 143 cm³/mol. The molecule has 0 aliphatic carbocycles. The van der Waals surface area contributed by atoms with Gasteiger partial charge in [0.2, 0.25) is 0 Å². The first-order valence-corrected chi connectivity index (χ1v) is 13.7. The van der Waals surface area contributed by atoms with Gasteiger partial charge in [0.1, 0.15) is 17.2 Å². The van der Waals surface area contributed by atoms with Gasteiger partial charge in [0.15, 0.2) is 0 Å². The summed E-state index contributed by atoms with van der Waals surface area (Å²) in [5.74, 6) is -0.737. The van der Waals surface area contributed by atoms with Gasteiger partial charge in [-0.05, 0) is 37.0 Å². The summed E-state index contributed by atoms with van der Waals surface area (Å²) in [7, 11) is 0. The Balaban J connectivity index is 1.40. The molecule has 3 aromatic rings. The van der Waals surface area contributed by atoms with Crippen molar-refractivity contribution in [3.05, 3.63) is 36.8 Å². The van der Waals surface area contributed by atoms with Crippen LogP contribution in [-0.4, -0.2) is 74.5 Å². The number of alkyl halides is 2. The van der Waals surface area contributed by atoms with Crippen molar-refractivity contribution in [1.82, 2.24) is 25.0 Å². The van der Waals surface area contributed by atoms with E-state index >= 15 is 0 Å². The quantitative estimate of drug-likeness (QED) is 0.327. The minimum absolute atomic E-state index is 0.114. The van der Waals surface area contributed by atoms with Crippen molar-refractivity contribution in [2.75, 3.05) is 53.1 Å². The van der Waals surface area contributed by atoms with Crippen LogP contribution in [-0.2, 0) is 0 Å². The molecule has 2 saturated heterocycles. The summed E-state index contributed by atoms with van der Waals surface area (Å²) in [6, 6.07) is 6.12. The second-order valence-electron chi connectivity index (χ2n) is 9.70. The van der Waals surface area contributed by atoms with Crippen LogP contribution in [0.5, 0.6) is 0 Å². The maximum absolute atomic E-state index is 13.6. The minimum Gasteiger partial charge on any atom is -0.395 e. The number of rotatable bonds is 8. The van der Waals surface area contributed by atoms with Gasteiger partial charge in [0, 0.05) is 50.5 Å². The van der Waals surface area contributed by atoms with Crippen LogP contribution in [0.2, 0.25) is 0 Å². The summed E-state index contributed by atoms with van der Waals surface area (Å²) in [5, 5.41) is 17.9. The van der Waals surface area contributed by atoms with Crippen LogP contribution in [0.4, 0.5) is 26.0 Å². The van der Waals surface area contributed by atoms with Crippen molar-refractivity contribution in [3.8, 4) is 17.1 Å². The Morgan fingerprint density at radius 1 is 1.05 bits per heavy atom. The fraction of sp³-hybridized carbons (Fsp3) is 0.520. The van der Waals surface area contributed by atoms with Crippen LogP contribution >= 0.6 is 11.9 Å². The molecule has 1 aromatic carbocycles. The number of aliphatic hydroxyl groups excluding tert-OH is 1. The van der Waals surface area contributed by atoms with Crippen LogP contribution < -0.4 is 14.5 Å². The third-order valence-corrected chi connectivity index (χ3v) is 7.69. The van der Waals surface area contributed by atoms with Crippen molar-refractivity contribution in [3.63, 3.8) is 0 Å². The lowest BCUT2D eigenvalue weighted by Crippen LogP contribution is -2.39. The van der Waals surface area contributed by atoms with Crippen molar-refractivity contribution in [2.45, 2.75) is 38.5 Å². The van der Waals surface area contributed by atoms with E-state index in [1.807, 2.05) is 23.2 Å². The Morgan fingerprint density at radius 2 is 1.84 bits per heavy atom. The first-order chi connectivity index (χ1) is 17.9. The van der Waals surface area contributed by atoms with E-state index in [4.69, 9.17) is 5.11 Å². The zero-order valence-corrected chi connectivity index (χ0v) is 21.7. The fourth-order valence-corrected chi connectivity index (χ4v) is 5.14. The van der Waals surface area contributed by atoms with Gasteiger partial charge in [-0.25, -0.2) is 18.4 Å². The lowest BCUT2D eigenvalue weighted by Gasteiger charge is -2.33. The molecule has 2 aliphatic heterocycles. The van der Waals surface area contributed by atoms with Crippen LogP contribution in [0.3, 0.4) is 0 Å². The number of piperidine rings is 2. The molecule has 4 heterocycles. The largest absolute Gasteiger partial charge is 0.395 e. The van der Waals surface area contributed by atoms with Crippen molar-refractivity contribution >= 4 is 29.1 Å². The second-order valence-corrected chi connectivity index (χ2v) is 10.6. The first kappa shape index (κ1) is 25.7. The highest BCUT2D eigenvalue weighted by molar-refractivity contribution is 8.00. The zero-order chi connectivity index (χ0) is 25.8. The number of nitrogens with zero attached hydrogens (tertiary/aromatic N) is 7. The highest BCUT2D eigenvalue weighted by Crippen LogP contribution is 2.33. The van der Waals surface area contributed by atoms with E-state index in [2.05, 4.69) is 42.9 Å². The summed E-state index contributed by atoms with van der Waals surface area (Å²) in [5.41, 5.74) is 4.05. The summed E-state index contributed by atoms with van der Waals surface area (Å²) >= 11 is 1.46. The molecular formula is C25H32F2N8OS. The van der Waals surface area contributed by atoms with E-state index in [1.165, 1.54) is 11.9 Å². The number of anilines is 3. The highest BCUT2D eigenvalue weighted by Gasteiger charge is 2.34. The molecule has 9 nitrogen and oxygen atoms in total. The Hall–Kier alpha value is -2.99. The van der Waals surface area contributed by atoms with Crippen LogP contribution in [0, 0.1) is 5.92 Å². The molecule has 2 N–H and O–H groups in total. The summed E-state index contributed by atoms with van der Waals surface area (Å²) < 4.78 is 32.2.